The van der Waals surface area contributed by atoms with Gasteiger partial charge < -0.3 is 20.3 Å². The maximum atomic E-state index is 12.0. The topological polar surface area (TPSA) is 61.7 Å². The standard InChI is InChI=1S/C12H23F2NO3/c13-12(14)11(17)7-15-6-9(16)8-18-10-4-2-1-3-5-10/h9-12,15-17H,1-8H2. The van der Waals surface area contributed by atoms with Crippen LogP contribution in [0.25, 0.3) is 0 Å². The van der Waals surface area contributed by atoms with Gasteiger partial charge in [-0.05, 0) is 12.8 Å². The minimum absolute atomic E-state index is 0.149. The lowest BCUT2D eigenvalue weighted by atomic mass is 9.98. The van der Waals surface area contributed by atoms with Crippen LogP contribution in [0.4, 0.5) is 8.78 Å². The molecule has 4 nitrogen and oxygen atoms in total. The molecule has 1 saturated carbocycles. The lowest BCUT2D eigenvalue weighted by Crippen LogP contribution is -2.38. The summed E-state index contributed by atoms with van der Waals surface area (Å²) in [5.74, 6) is 0. The van der Waals surface area contributed by atoms with Crippen molar-refractivity contribution in [1.29, 1.82) is 0 Å². The smallest absolute Gasteiger partial charge is 0.265 e. The second-order valence-corrected chi connectivity index (χ2v) is 4.81. The normalized spacial score (nSPS) is 21.2. The minimum Gasteiger partial charge on any atom is -0.389 e. The number of hydrogen-bond acceptors (Lipinski definition) is 4. The van der Waals surface area contributed by atoms with Crippen molar-refractivity contribution < 1.29 is 23.7 Å². The molecule has 1 aliphatic carbocycles. The van der Waals surface area contributed by atoms with Crippen LogP contribution in [0.15, 0.2) is 0 Å². The summed E-state index contributed by atoms with van der Waals surface area (Å²) in [5.41, 5.74) is 0. The van der Waals surface area contributed by atoms with Gasteiger partial charge in [-0.15, -0.1) is 0 Å². The number of alkyl halides is 2. The van der Waals surface area contributed by atoms with E-state index < -0.39 is 18.6 Å². The van der Waals surface area contributed by atoms with E-state index in [0.717, 1.165) is 12.8 Å². The van der Waals surface area contributed by atoms with Crippen molar-refractivity contribution in [3.05, 3.63) is 0 Å². The Bertz CT molecular complexity index is 213. The highest BCUT2D eigenvalue weighted by molar-refractivity contribution is 4.68. The summed E-state index contributed by atoms with van der Waals surface area (Å²) >= 11 is 0. The van der Waals surface area contributed by atoms with E-state index in [1.165, 1.54) is 19.3 Å². The van der Waals surface area contributed by atoms with E-state index in [1.54, 1.807) is 0 Å². The molecule has 6 heteroatoms. The van der Waals surface area contributed by atoms with Crippen LogP contribution in [-0.4, -0.2) is 54.6 Å². The Balaban J connectivity index is 2.01. The van der Waals surface area contributed by atoms with E-state index >= 15 is 0 Å². The number of halogens is 2. The average molecular weight is 267 g/mol. The molecule has 0 aromatic rings. The fourth-order valence-electron chi connectivity index (χ4n) is 2.02. The van der Waals surface area contributed by atoms with E-state index in [4.69, 9.17) is 9.84 Å². The molecular weight excluding hydrogens is 244 g/mol. The van der Waals surface area contributed by atoms with E-state index in [2.05, 4.69) is 5.32 Å². The maximum Gasteiger partial charge on any atom is 0.265 e. The lowest BCUT2D eigenvalue weighted by Gasteiger charge is -2.23. The molecule has 1 rings (SSSR count). The molecule has 0 amide bonds. The van der Waals surface area contributed by atoms with E-state index in [0.29, 0.717) is 0 Å². The van der Waals surface area contributed by atoms with Gasteiger partial charge in [0.2, 0.25) is 0 Å². The number of aliphatic hydroxyl groups excluding tert-OH is 2. The molecule has 2 unspecified atom stereocenters. The Labute approximate surface area is 106 Å². The van der Waals surface area contributed by atoms with Crippen molar-refractivity contribution >= 4 is 0 Å². The quantitative estimate of drug-likeness (QED) is 0.612. The highest BCUT2D eigenvalue weighted by Gasteiger charge is 2.18. The molecule has 0 saturated heterocycles. The van der Waals surface area contributed by atoms with Gasteiger partial charge in [-0.1, -0.05) is 19.3 Å². The first-order valence-corrected chi connectivity index (χ1v) is 6.56. The van der Waals surface area contributed by atoms with Gasteiger partial charge in [0.15, 0.2) is 0 Å². The molecule has 1 fully saturated rings. The van der Waals surface area contributed by atoms with Crippen molar-refractivity contribution in [2.24, 2.45) is 0 Å². The van der Waals surface area contributed by atoms with E-state index in [9.17, 15) is 13.9 Å². The summed E-state index contributed by atoms with van der Waals surface area (Å²) in [5, 5.41) is 21.0. The zero-order valence-electron chi connectivity index (χ0n) is 10.5. The Morgan fingerprint density at radius 2 is 1.78 bits per heavy atom. The fraction of sp³-hybridized carbons (Fsp3) is 1.00. The number of aliphatic hydroxyl groups is 2. The molecule has 0 radical (unpaired) electrons. The highest BCUT2D eigenvalue weighted by Crippen LogP contribution is 2.20. The Morgan fingerprint density at radius 1 is 1.11 bits per heavy atom. The van der Waals surface area contributed by atoms with Crippen LogP contribution < -0.4 is 5.32 Å². The van der Waals surface area contributed by atoms with Gasteiger partial charge in [0, 0.05) is 13.1 Å². The first-order chi connectivity index (χ1) is 8.59. The lowest BCUT2D eigenvalue weighted by molar-refractivity contribution is -0.0276. The zero-order valence-corrected chi connectivity index (χ0v) is 10.5. The fourth-order valence-corrected chi connectivity index (χ4v) is 2.02. The van der Waals surface area contributed by atoms with Crippen LogP contribution in [-0.2, 0) is 4.74 Å². The molecule has 1 aliphatic rings. The molecular formula is C12H23F2NO3. The third-order valence-electron chi connectivity index (χ3n) is 3.10. The zero-order chi connectivity index (χ0) is 13.4. The van der Waals surface area contributed by atoms with E-state index in [-0.39, 0.29) is 25.8 Å². The third-order valence-corrected chi connectivity index (χ3v) is 3.10. The summed E-state index contributed by atoms with van der Waals surface area (Å²) in [6.07, 6.45) is 0.699. The molecule has 0 aromatic carbocycles. The van der Waals surface area contributed by atoms with Crippen LogP contribution in [0.1, 0.15) is 32.1 Å². The first kappa shape index (κ1) is 15.8. The number of hydrogen-bond donors (Lipinski definition) is 3. The van der Waals surface area contributed by atoms with Crippen molar-refractivity contribution in [3.63, 3.8) is 0 Å². The van der Waals surface area contributed by atoms with E-state index in [1.807, 2.05) is 0 Å². The van der Waals surface area contributed by atoms with Crippen LogP contribution in [0.5, 0.6) is 0 Å². The Morgan fingerprint density at radius 3 is 2.39 bits per heavy atom. The molecule has 0 bridgehead atoms. The van der Waals surface area contributed by atoms with Crippen molar-refractivity contribution in [2.45, 2.75) is 56.8 Å². The number of ether oxygens (including phenoxy) is 1. The molecule has 0 aromatic heterocycles. The second kappa shape index (κ2) is 8.74. The first-order valence-electron chi connectivity index (χ1n) is 6.56. The minimum atomic E-state index is -2.76. The van der Waals surface area contributed by atoms with Crippen LogP contribution in [0.3, 0.4) is 0 Å². The molecule has 0 spiro atoms. The third kappa shape index (κ3) is 6.58. The second-order valence-electron chi connectivity index (χ2n) is 4.81. The number of rotatable bonds is 8. The summed E-state index contributed by atoms with van der Waals surface area (Å²) in [6, 6.07) is 0. The highest BCUT2D eigenvalue weighted by atomic mass is 19.3. The Hall–Kier alpha value is -0.300. The predicted octanol–water partition coefficient (Wildman–Crippen LogP) is 0.912. The van der Waals surface area contributed by atoms with Gasteiger partial charge >= 0.3 is 0 Å². The van der Waals surface area contributed by atoms with Crippen molar-refractivity contribution in [3.8, 4) is 0 Å². The van der Waals surface area contributed by atoms with Gasteiger partial charge in [0.25, 0.3) is 6.43 Å². The molecule has 18 heavy (non-hydrogen) atoms. The van der Waals surface area contributed by atoms with Crippen LogP contribution >= 0.6 is 0 Å². The average Bonchev–Trinajstić information content (AvgIpc) is 2.37. The monoisotopic (exact) mass is 267 g/mol. The molecule has 0 aliphatic heterocycles. The van der Waals surface area contributed by atoms with Crippen molar-refractivity contribution in [1.82, 2.24) is 5.32 Å². The SMILES string of the molecule is OC(CNCC(O)C(F)F)COC1CCCCC1. The van der Waals surface area contributed by atoms with Gasteiger partial charge in [-0.3, -0.25) is 0 Å². The number of nitrogens with one attached hydrogen (secondary N) is 1. The Kier molecular flexibility index (Phi) is 7.65. The molecule has 0 heterocycles. The summed E-state index contributed by atoms with van der Waals surface area (Å²) in [4.78, 5) is 0. The van der Waals surface area contributed by atoms with Gasteiger partial charge in [0.05, 0.1) is 18.8 Å². The maximum absolute atomic E-state index is 12.0. The van der Waals surface area contributed by atoms with Crippen LogP contribution in [0.2, 0.25) is 0 Å². The summed E-state index contributed by atoms with van der Waals surface area (Å²) in [7, 11) is 0. The predicted molar refractivity (Wildman–Crippen MR) is 63.7 cm³/mol. The van der Waals surface area contributed by atoms with Gasteiger partial charge in [0.1, 0.15) is 6.10 Å². The van der Waals surface area contributed by atoms with Gasteiger partial charge in [-0.25, -0.2) is 8.78 Å². The molecule has 3 N–H and O–H groups in total. The van der Waals surface area contributed by atoms with Crippen molar-refractivity contribution in [2.75, 3.05) is 19.7 Å². The summed E-state index contributed by atoms with van der Waals surface area (Å²) in [6.45, 7) is 0.136. The van der Waals surface area contributed by atoms with Crippen LogP contribution in [0, 0.1) is 0 Å². The summed E-state index contributed by atoms with van der Waals surface area (Å²) < 4.78 is 29.5. The largest absolute Gasteiger partial charge is 0.389 e. The van der Waals surface area contributed by atoms with Gasteiger partial charge in [-0.2, -0.15) is 0 Å². The molecule has 2 atom stereocenters. The molecule has 108 valence electrons.